The normalized spacial score (nSPS) is 21.9. The van der Waals surface area contributed by atoms with Crippen molar-refractivity contribution in [2.45, 2.75) is 13.0 Å². The largest absolute Gasteiger partial charge is 0.486 e. The van der Waals surface area contributed by atoms with Crippen LogP contribution in [0.5, 0.6) is 0 Å². The number of hydrogen-bond acceptors (Lipinski definition) is 1. The molecule has 0 fully saturated rings. The van der Waals surface area contributed by atoms with Crippen LogP contribution in [-0.2, 0) is 4.74 Å². The first-order valence-electron chi connectivity index (χ1n) is 5.84. The molecule has 0 radical (unpaired) electrons. The summed E-state index contributed by atoms with van der Waals surface area (Å²) in [5.74, 6) is 0.995. The Morgan fingerprint density at radius 1 is 1.06 bits per heavy atom. The van der Waals surface area contributed by atoms with Gasteiger partial charge in [-0.1, -0.05) is 48.6 Å². The molecule has 2 bridgehead atoms. The lowest BCUT2D eigenvalue weighted by Gasteiger charge is -2.23. The van der Waals surface area contributed by atoms with E-state index in [1.54, 1.807) is 0 Å². The molecule has 2 aliphatic rings. The Hall–Kier alpha value is -2.02. The van der Waals surface area contributed by atoms with Crippen LogP contribution < -0.4 is 0 Å². The van der Waals surface area contributed by atoms with E-state index in [1.165, 1.54) is 16.7 Å². The molecule has 0 spiro atoms. The van der Waals surface area contributed by atoms with Crippen molar-refractivity contribution in [3.63, 3.8) is 0 Å². The molecule has 3 rings (SSSR count). The van der Waals surface area contributed by atoms with Gasteiger partial charge in [0.25, 0.3) is 0 Å². The Balaban J connectivity index is 2.11. The first-order chi connectivity index (χ1) is 8.34. The van der Waals surface area contributed by atoms with Crippen LogP contribution in [0.25, 0.3) is 5.57 Å². The summed E-state index contributed by atoms with van der Waals surface area (Å²) >= 11 is 0. The fourth-order valence-corrected chi connectivity index (χ4v) is 2.30. The Morgan fingerprint density at radius 3 is 2.71 bits per heavy atom. The third-order valence-corrected chi connectivity index (χ3v) is 3.05. The van der Waals surface area contributed by atoms with Crippen LogP contribution in [0.2, 0.25) is 0 Å². The highest BCUT2D eigenvalue weighted by Crippen LogP contribution is 2.34. The topological polar surface area (TPSA) is 9.23 Å². The van der Waals surface area contributed by atoms with E-state index < -0.39 is 0 Å². The molecule has 1 aromatic rings. The number of fused-ring (bicyclic) bond motifs is 1. The average molecular weight is 222 g/mol. The summed E-state index contributed by atoms with van der Waals surface area (Å²) in [5.41, 5.74) is 3.65. The molecule has 1 nitrogen and oxygen atoms in total. The van der Waals surface area contributed by atoms with E-state index in [1.807, 2.05) is 19.1 Å². The third-order valence-electron chi connectivity index (χ3n) is 3.05. The van der Waals surface area contributed by atoms with E-state index in [2.05, 4.69) is 48.6 Å². The zero-order valence-corrected chi connectivity index (χ0v) is 9.76. The van der Waals surface area contributed by atoms with Crippen molar-refractivity contribution in [3.8, 4) is 0 Å². The van der Waals surface area contributed by atoms with Crippen molar-refractivity contribution >= 4 is 5.57 Å². The zero-order chi connectivity index (χ0) is 11.7. The maximum atomic E-state index is 5.88. The van der Waals surface area contributed by atoms with Gasteiger partial charge in [0, 0.05) is 5.57 Å². The first kappa shape index (κ1) is 10.2. The van der Waals surface area contributed by atoms with Gasteiger partial charge in [-0.05, 0) is 30.2 Å². The third kappa shape index (κ3) is 1.84. The molecule has 1 unspecified atom stereocenters. The first-order valence-corrected chi connectivity index (χ1v) is 5.84. The van der Waals surface area contributed by atoms with E-state index in [0.717, 1.165) is 5.76 Å². The molecule has 1 aliphatic heterocycles. The molecule has 17 heavy (non-hydrogen) atoms. The van der Waals surface area contributed by atoms with Gasteiger partial charge >= 0.3 is 0 Å². The number of ether oxygens (including phenoxy) is 1. The summed E-state index contributed by atoms with van der Waals surface area (Å²) < 4.78 is 5.88. The smallest absolute Gasteiger partial charge is 0.136 e. The fraction of sp³-hybridized carbons (Fsp3) is 0.125. The minimum Gasteiger partial charge on any atom is -0.486 e. The molecule has 0 amide bonds. The molecule has 0 N–H and O–H groups in total. The molecule has 84 valence electrons. The van der Waals surface area contributed by atoms with Crippen LogP contribution in [0.1, 0.15) is 12.5 Å². The molecular formula is C16H14O. The summed E-state index contributed by atoms with van der Waals surface area (Å²) in [5, 5.41) is 0. The lowest BCUT2D eigenvalue weighted by Crippen LogP contribution is -2.12. The van der Waals surface area contributed by atoms with Gasteiger partial charge < -0.3 is 4.74 Å². The van der Waals surface area contributed by atoms with Crippen molar-refractivity contribution in [3.05, 3.63) is 77.6 Å². The quantitative estimate of drug-likeness (QED) is 0.701. The Morgan fingerprint density at radius 2 is 1.88 bits per heavy atom. The minimum atomic E-state index is 0.0764. The fourth-order valence-electron chi connectivity index (χ4n) is 2.30. The Kier molecular flexibility index (Phi) is 2.45. The van der Waals surface area contributed by atoms with Gasteiger partial charge in [0.2, 0.25) is 0 Å². The maximum absolute atomic E-state index is 5.88. The van der Waals surface area contributed by atoms with Crippen molar-refractivity contribution in [2.75, 3.05) is 0 Å². The van der Waals surface area contributed by atoms with Crippen molar-refractivity contribution < 1.29 is 4.74 Å². The lowest BCUT2D eigenvalue weighted by molar-refractivity contribution is 0.191. The lowest BCUT2D eigenvalue weighted by atomic mass is 9.94. The molecule has 1 aromatic carbocycles. The molecule has 0 saturated carbocycles. The van der Waals surface area contributed by atoms with Crippen LogP contribution in [0.4, 0.5) is 0 Å². The predicted molar refractivity (Wildman–Crippen MR) is 70.3 cm³/mol. The summed E-state index contributed by atoms with van der Waals surface area (Å²) in [6.45, 7) is 2.04. The van der Waals surface area contributed by atoms with Gasteiger partial charge in [-0.2, -0.15) is 0 Å². The number of hydrogen-bond donors (Lipinski definition) is 0. The second-order valence-electron chi connectivity index (χ2n) is 4.25. The molecule has 1 heteroatoms. The molecule has 1 atom stereocenters. The predicted octanol–water partition coefficient (Wildman–Crippen LogP) is 3.87. The van der Waals surface area contributed by atoms with Crippen LogP contribution in [-0.4, -0.2) is 6.10 Å². The molecule has 1 aliphatic carbocycles. The highest BCUT2D eigenvalue weighted by molar-refractivity contribution is 5.84. The number of benzene rings is 1. The van der Waals surface area contributed by atoms with Crippen molar-refractivity contribution in [1.82, 2.24) is 0 Å². The zero-order valence-electron chi connectivity index (χ0n) is 9.76. The second-order valence-corrected chi connectivity index (χ2v) is 4.25. The molecule has 0 aromatic heterocycles. The summed E-state index contributed by atoms with van der Waals surface area (Å²) in [6.07, 6.45) is 10.5. The van der Waals surface area contributed by atoms with E-state index in [0.29, 0.717) is 0 Å². The summed E-state index contributed by atoms with van der Waals surface area (Å²) in [6, 6.07) is 10.4. The summed E-state index contributed by atoms with van der Waals surface area (Å²) in [7, 11) is 0. The van der Waals surface area contributed by atoms with Gasteiger partial charge in [-0.25, -0.2) is 0 Å². The minimum absolute atomic E-state index is 0.0764. The maximum Gasteiger partial charge on any atom is 0.136 e. The molecular weight excluding hydrogens is 208 g/mol. The van der Waals surface area contributed by atoms with E-state index in [9.17, 15) is 0 Å². The van der Waals surface area contributed by atoms with Gasteiger partial charge in [0.15, 0.2) is 0 Å². The Labute approximate surface area is 101 Å². The van der Waals surface area contributed by atoms with E-state index >= 15 is 0 Å². The van der Waals surface area contributed by atoms with E-state index in [-0.39, 0.29) is 6.10 Å². The molecule has 1 heterocycles. The van der Waals surface area contributed by atoms with Crippen molar-refractivity contribution in [1.29, 1.82) is 0 Å². The Bertz CT molecular complexity index is 544. The van der Waals surface area contributed by atoms with Gasteiger partial charge in [-0.3, -0.25) is 0 Å². The number of rotatable bonds is 1. The average Bonchev–Trinajstić information content (AvgIpc) is 2.53. The van der Waals surface area contributed by atoms with Gasteiger partial charge in [-0.15, -0.1) is 0 Å². The summed E-state index contributed by atoms with van der Waals surface area (Å²) in [4.78, 5) is 0. The van der Waals surface area contributed by atoms with Gasteiger partial charge in [0.1, 0.15) is 11.9 Å². The van der Waals surface area contributed by atoms with E-state index in [4.69, 9.17) is 4.74 Å². The van der Waals surface area contributed by atoms with Crippen LogP contribution >= 0.6 is 0 Å². The molecule has 0 saturated heterocycles. The second kappa shape index (κ2) is 4.10. The van der Waals surface area contributed by atoms with Gasteiger partial charge in [0.05, 0.1) is 0 Å². The van der Waals surface area contributed by atoms with Crippen LogP contribution in [0, 0.1) is 0 Å². The monoisotopic (exact) mass is 222 g/mol. The van der Waals surface area contributed by atoms with Crippen LogP contribution in [0.15, 0.2) is 72.0 Å². The van der Waals surface area contributed by atoms with Crippen molar-refractivity contribution in [2.24, 2.45) is 0 Å². The van der Waals surface area contributed by atoms with Crippen LogP contribution in [0.3, 0.4) is 0 Å². The SMILES string of the molecule is CC1=C(c2ccccc2)C2=CC(C=CC=C2)O1. The number of allylic oxidation sites excluding steroid dienone is 6. The highest BCUT2D eigenvalue weighted by atomic mass is 16.5. The highest BCUT2D eigenvalue weighted by Gasteiger charge is 2.19. The standard InChI is InChI=1S/C16H14O/c1-12-16(13-7-3-2-4-8-13)14-9-5-6-10-15(11-14)17-12/h2-11,15H,1H3.